The molecule has 116 valence electrons. The molecule has 1 N–H and O–H groups in total. The van der Waals surface area contributed by atoms with Gasteiger partial charge in [0.25, 0.3) is 0 Å². The minimum Gasteiger partial charge on any atom is -0.494 e. The number of hydrogen-bond donors (Lipinski definition) is 1. The SMILES string of the molecule is CCCc1nnc(NC(=O)/C=C/c2ccc(OCC)cc2)s1. The van der Waals surface area contributed by atoms with Crippen LogP contribution in [0.5, 0.6) is 5.75 Å². The van der Waals surface area contributed by atoms with Gasteiger partial charge in [0, 0.05) is 12.5 Å². The van der Waals surface area contributed by atoms with Gasteiger partial charge in [-0.15, -0.1) is 10.2 Å². The highest BCUT2D eigenvalue weighted by Gasteiger charge is 2.05. The summed E-state index contributed by atoms with van der Waals surface area (Å²) in [5.41, 5.74) is 0.933. The van der Waals surface area contributed by atoms with E-state index in [4.69, 9.17) is 4.74 Å². The average molecular weight is 317 g/mol. The second-order valence-electron chi connectivity index (χ2n) is 4.58. The summed E-state index contributed by atoms with van der Waals surface area (Å²) < 4.78 is 5.37. The van der Waals surface area contributed by atoms with Crippen molar-refractivity contribution >= 4 is 28.5 Å². The Kier molecular flexibility index (Phi) is 6.09. The predicted molar refractivity (Wildman–Crippen MR) is 89.2 cm³/mol. The minimum absolute atomic E-state index is 0.215. The zero-order valence-electron chi connectivity index (χ0n) is 12.7. The largest absolute Gasteiger partial charge is 0.494 e. The lowest BCUT2D eigenvalue weighted by Crippen LogP contribution is -2.07. The first-order chi connectivity index (χ1) is 10.7. The standard InChI is InChI=1S/C16H19N3O2S/c1-3-5-15-18-19-16(22-15)17-14(20)11-8-12-6-9-13(10-7-12)21-4-2/h6-11H,3-5H2,1-2H3,(H,17,19,20)/b11-8+. The maximum Gasteiger partial charge on any atom is 0.250 e. The highest BCUT2D eigenvalue weighted by atomic mass is 32.1. The topological polar surface area (TPSA) is 64.1 Å². The van der Waals surface area contributed by atoms with Gasteiger partial charge in [0.1, 0.15) is 10.8 Å². The van der Waals surface area contributed by atoms with Crippen molar-refractivity contribution in [2.75, 3.05) is 11.9 Å². The average Bonchev–Trinajstić information content (AvgIpc) is 2.94. The van der Waals surface area contributed by atoms with Gasteiger partial charge in [-0.05, 0) is 37.1 Å². The van der Waals surface area contributed by atoms with Crippen molar-refractivity contribution < 1.29 is 9.53 Å². The second-order valence-corrected chi connectivity index (χ2v) is 5.64. The first kappa shape index (κ1) is 16.2. The number of ether oxygens (including phenoxy) is 1. The first-order valence-electron chi connectivity index (χ1n) is 7.25. The van der Waals surface area contributed by atoms with Gasteiger partial charge >= 0.3 is 0 Å². The lowest BCUT2D eigenvalue weighted by molar-refractivity contribution is -0.111. The molecule has 0 atom stereocenters. The molecule has 0 saturated carbocycles. The Labute approximate surface area is 134 Å². The zero-order chi connectivity index (χ0) is 15.8. The molecule has 1 aromatic heterocycles. The van der Waals surface area contributed by atoms with Crippen molar-refractivity contribution in [1.82, 2.24) is 10.2 Å². The maximum absolute atomic E-state index is 11.8. The van der Waals surface area contributed by atoms with E-state index in [1.807, 2.05) is 31.2 Å². The lowest BCUT2D eigenvalue weighted by Gasteiger charge is -2.02. The lowest BCUT2D eigenvalue weighted by atomic mass is 10.2. The molecule has 0 radical (unpaired) electrons. The van der Waals surface area contributed by atoms with Crippen LogP contribution >= 0.6 is 11.3 Å². The molecule has 0 aliphatic carbocycles. The third-order valence-electron chi connectivity index (χ3n) is 2.78. The van der Waals surface area contributed by atoms with E-state index in [1.54, 1.807) is 6.08 Å². The maximum atomic E-state index is 11.8. The summed E-state index contributed by atoms with van der Waals surface area (Å²) >= 11 is 1.41. The molecular weight excluding hydrogens is 298 g/mol. The van der Waals surface area contributed by atoms with E-state index in [9.17, 15) is 4.79 Å². The molecule has 6 heteroatoms. The number of rotatable bonds is 7. The van der Waals surface area contributed by atoms with E-state index in [1.165, 1.54) is 17.4 Å². The Balaban J connectivity index is 1.89. The summed E-state index contributed by atoms with van der Waals surface area (Å²) in [6, 6.07) is 7.56. The van der Waals surface area contributed by atoms with Crippen LogP contribution in [0.1, 0.15) is 30.8 Å². The molecule has 1 amide bonds. The molecule has 0 aliphatic heterocycles. The quantitative estimate of drug-likeness (QED) is 0.793. The van der Waals surface area contributed by atoms with Crippen molar-refractivity contribution in [1.29, 1.82) is 0 Å². The highest BCUT2D eigenvalue weighted by Crippen LogP contribution is 2.17. The summed E-state index contributed by atoms with van der Waals surface area (Å²) in [7, 11) is 0. The van der Waals surface area contributed by atoms with Crippen molar-refractivity contribution in [3.05, 3.63) is 40.9 Å². The molecule has 5 nitrogen and oxygen atoms in total. The number of hydrogen-bond acceptors (Lipinski definition) is 5. The molecule has 0 fully saturated rings. The number of benzene rings is 1. The van der Waals surface area contributed by atoms with E-state index in [0.29, 0.717) is 11.7 Å². The third kappa shape index (κ3) is 4.96. The number of nitrogens with one attached hydrogen (secondary N) is 1. The molecular formula is C16H19N3O2S. The van der Waals surface area contributed by atoms with Gasteiger partial charge in [0.15, 0.2) is 0 Å². The second kappa shape index (κ2) is 8.29. The fourth-order valence-corrected chi connectivity index (χ4v) is 2.62. The zero-order valence-corrected chi connectivity index (χ0v) is 13.5. The van der Waals surface area contributed by atoms with Crippen LogP contribution in [0.4, 0.5) is 5.13 Å². The van der Waals surface area contributed by atoms with Crippen LogP contribution in [-0.2, 0) is 11.2 Å². The van der Waals surface area contributed by atoms with Gasteiger partial charge in [0.05, 0.1) is 6.61 Å². The molecule has 1 aromatic carbocycles. The van der Waals surface area contributed by atoms with E-state index in [0.717, 1.165) is 29.2 Å². The van der Waals surface area contributed by atoms with Crippen LogP contribution in [0.2, 0.25) is 0 Å². The molecule has 22 heavy (non-hydrogen) atoms. The van der Waals surface area contributed by atoms with Crippen LogP contribution in [-0.4, -0.2) is 22.7 Å². The Morgan fingerprint density at radius 2 is 2.05 bits per heavy atom. The summed E-state index contributed by atoms with van der Waals surface area (Å²) in [5, 5.41) is 12.2. The highest BCUT2D eigenvalue weighted by molar-refractivity contribution is 7.15. The number of amides is 1. The van der Waals surface area contributed by atoms with Gasteiger partial charge in [-0.2, -0.15) is 0 Å². The molecule has 1 heterocycles. The molecule has 0 unspecified atom stereocenters. The van der Waals surface area contributed by atoms with Gasteiger partial charge < -0.3 is 4.74 Å². The molecule has 0 bridgehead atoms. The monoisotopic (exact) mass is 317 g/mol. The minimum atomic E-state index is -0.215. The number of carbonyl (C=O) groups excluding carboxylic acids is 1. The number of anilines is 1. The first-order valence-corrected chi connectivity index (χ1v) is 8.07. The Morgan fingerprint density at radius 1 is 1.27 bits per heavy atom. The Hall–Kier alpha value is -2.21. The van der Waals surface area contributed by atoms with Crippen LogP contribution < -0.4 is 10.1 Å². The van der Waals surface area contributed by atoms with Crippen LogP contribution in [0, 0.1) is 0 Å². The van der Waals surface area contributed by atoms with Gasteiger partial charge in [-0.1, -0.05) is 30.4 Å². The summed E-state index contributed by atoms with van der Waals surface area (Å²) in [6.07, 6.45) is 5.13. The van der Waals surface area contributed by atoms with E-state index in [-0.39, 0.29) is 5.91 Å². The predicted octanol–water partition coefficient (Wildman–Crippen LogP) is 3.54. The van der Waals surface area contributed by atoms with Crippen molar-refractivity contribution in [3.63, 3.8) is 0 Å². The van der Waals surface area contributed by atoms with Crippen LogP contribution in [0.3, 0.4) is 0 Å². The number of aromatic nitrogens is 2. The van der Waals surface area contributed by atoms with Gasteiger partial charge in [-0.3, -0.25) is 10.1 Å². The van der Waals surface area contributed by atoms with E-state index >= 15 is 0 Å². The van der Waals surface area contributed by atoms with E-state index in [2.05, 4.69) is 22.4 Å². The summed E-state index contributed by atoms with van der Waals surface area (Å²) in [5.74, 6) is 0.606. The molecule has 2 aromatic rings. The molecule has 0 aliphatic rings. The molecule has 0 saturated heterocycles. The number of carbonyl (C=O) groups is 1. The van der Waals surface area contributed by atoms with Crippen molar-refractivity contribution in [2.45, 2.75) is 26.7 Å². The Bertz CT molecular complexity index is 635. The Morgan fingerprint density at radius 3 is 2.73 bits per heavy atom. The summed E-state index contributed by atoms with van der Waals surface area (Å²) in [6.45, 7) is 4.66. The van der Waals surface area contributed by atoms with Gasteiger partial charge in [-0.25, -0.2) is 0 Å². The number of nitrogens with zero attached hydrogens (tertiary/aromatic N) is 2. The normalized spacial score (nSPS) is 10.8. The molecule has 0 spiro atoms. The smallest absolute Gasteiger partial charge is 0.250 e. The summed E-state index contributed by atoms with van der Waals surface area (Å²) in [4.78, 5) is 11.8. The van der Waals surface area contributed by atoms with Crippen molar-refractivity contribution in [2.24, 2.45) is 0 Å². The fourth-order valence-electron chi connectivity index (χ4n) is 1.78. The van der Waals surface area contributed by atoms with Crippen LogP contribution in [0.15, 0.2) is 30.3 Å². The van der Waals surface area contributed by atoms with Crippen molar-refractivity contribution in [3.8, 4) is 5.75 Å². The third-order valence-corrected chi connectivity index (χ3v) is 3.68. The van der Waals surface area contributed by atoms with Gasteiger partial charge in [0.2, 0.25) is 11.0 Å². The van der Waals surface area contributed by atoms with E-state index < -0.39 is 0 Å². The number of aryl methyl sites for hydroxylation is 1. The fraction of sp³-hybridized carbons (Fsp3) is 0.312. The van der Waals surface area contributed by atoms with Crippen LogP contribution in [0.25, 0.3) is 6.08 Å². The molecule has 2 rings (SSSR count).